The van der Waals surface area contributed by atoms with E-state index in [4.69, 9.17) is 0 Å². The summed E-state index contributed by atoms with van der Waals surface area (Å²) in [5, 5.41) is 10.2. The summed E-state index contributed by atoms with van der Waals surface area (Å²) in [4.78, 5) is 0. The predicted molar refractivity (Wildman–Crippen MR) is 74.2 cm³/mol. The SMILES string of the molecule is CC(C)(C)c1[nH]ncc1CNCc1cc(F)cc(F)c1. The molecule has 0 bridgehead atoms. The topological polar surface area (TPSA) is 40.7 Å². The molecule has 0 aliphatic rings. The van der Waals surface area contributed by atoms with Gasteiger partial charge >= 0.3 is 0 Å². The maximum Gasteiger partial charge on any atom is 0.126 e. The molecule has 0 amide bonds. The van der Waals surface area contributed by atoms with Crippen LogP contribution in [-0.4, -0.2) is 10.2 Å². The number of nitrogens with zero attached hydrogens (tertiary/aromatic N) is 1. The second-order valence-electron chi connectivity index (χ2n) is 5.90. The molecule has 2 rings (SSSR count). The predicted octanol–water partition coefficient (Wildman–Crippen LogP) is 3.28. The smallest absolute Gasteiger partial charge is 0.126 e. The summed E-state index contributed by atoms with van der Waals surface area (Å²) in [5.41, 5.74) is 2.70. The van der Waals surface area contributed by atoms with Crippen LogP contribution in [0, 0.1) is 11.6 Å². The van der Waals surface area contributed by atoms with Gasteiger partial charge in [0.15, 0.2) is 0 Å². The van der Waals surface area contributed by atoms with Crippen LogP contribution in [0.3, 0.4) is 0 Å². The first kappa shape index (κ1) is 14.7. The summed E-state index contributed by atoms with van der Waals surface area (Å²) in [5.74, 6) is -1.11. The Morgan fingerprint density at radius 3 is 2.35 bits per heavy atom. The summed E-state index contributed by atoms with van der Waals surface area (Å²) in [6.45, 7) is 7.31. The first-order valence-electron chi connectivity index (χ1n) is 6.54. The molecule has 0 aliphatic heterocycles. The fourth-order valence-electron chi connectivity index (χ4n) is 2.15. The van der Waals surface area contributed by atoms with E-state index >= 15 is 0 Å². The van der Waals surface area contributed by atoms with Crippen LogP contribution in [0.2, 0.25) is 0 Å². The van der Waals surface area contributed by atoms with Crippen molar-refractivity contribution in [2.24, 2.45) is 0 Å². The van der Waals surface area contributed by atoms with E-state index in [1.54, 1.807) is 6.20 Å². The van der Waals surface area contributed by atoms with Crippen molar-refractivity contribution in [2.45, 2.75) is 39.3 Å². The van der Waals surface area contributed by atoms with Gasteiger partial charge in [-0.3, -0.25) is 5.10 Å². The molecule has 0 fully saturated rings. The minimum atomic E-state index is -0.555. The van der Waals surface area contributed by atoms with E-state index in [2.05, 4.69) is 36.3 Å². The summed E-state index contributed by atoms with van der Waals surface area (Å²) in [7, 11) is 0. The number of aromatic amines is 1. The molecule has 0 atom stereocenters. The molecule has 2 aromatic rings. The number of halogens is 2. The van der Waals surface area contributed by atoms with Gasteiger partial charge in [-0.1, -0.05) is 20.8 Å². The molecule has 0 saturated heterocycles. The highest BCUT2D eigenvalue weighted by molar-refractivity contribution is 5.23. The highest BCUT2D eigenvalue weighted by Gasteiger charge is 2.19. The van der Waals surface area contributed by atoms with Crippen LogP contribution in [0.1, 0.15) is 37.6 Å². The van der Waals surface area contributed by atoms with E-state index in [1.165, 1.54) is 12.1 Å². The molecule has 5 heteroatoms. The van der Waals surface area contributed by atoms with Gasteiger partial charge < -0.3 is 5.32 Å². The van der Waals surface area contributed by atoms with Crippen LogP contribution in [0.5, 0.6) is 0 Å². The Balaban J connectivity index is 1.98. The van der Waals surface area contributed by atoms with Gasteiger partial charge in [-0.05, 0) is 17.7 Å². The molecule has 0 aliphatic carbocycles. The lowest BCUT2D eigenvalue weighted by molar-refractivity contribution is 0.552. The fourth-order valence-corrected chi connectivity index (χ4v) is 2.15. The molecule has 0 unspecified atom stereocenters. The first-order valence-corrected chi connectivity index (χ1v) is 6.54. The maximum atomic E-state index is 13.1. The summed E-state index contributed by atoms with van der Waals surface area (Å²) >= 11 is 0. The Hall–Kier alpha value is -1.75. The lowest BCUT2D eigenvalue weighted by Crippen LogP contribution is -2.19. The average molecular weight is 279 g/mol. The van der Waals surface area contributed by atoms with Crippen molar-refractivity contribution >= 4 is 0 Å². The van der Waals surface area contributed by atoms with Crippen molar-refractivity contribution < 1.29 is 8.78 Å². The Kier molecular flexibility index (Phi) is 4.18. The van der Waals surface area contributed by atoms with E-state index in [0.717, 1.165) is 17.3 Å². The monoisotopic (exact) mass is 279 g/mol. The van der Waals surface area contributed by atoms with Crippen molar-refractivity contribution in [1.29, 1.82) is 0 Å². The van der Waals surface area contributed by atoms with Gasteiger partial charge in [-0.25, -0.2) is 8.78 Å². The molecule has 0 spiro atoms. The van der Waals surface area contributed by atoms with Gasteiger partial charge in [0.05, 0.1) is 6.20 Å². The summed E-state index contributed by atoms with van der Waals surface area (Å²) in [6, 6.07) is 3.53. The number of hydrogen-bond donors (Lipinski definition) is 2. The van der Waals surface area contributed by atoms with Gasteiger partial charge in [0.2, 0.25) is 0 Å². The molecule has 20 heavy (non-hydrogen) atoms. The van der Waals surface area contributed by atoms with Crippen molar-refractivity contribution in [3.8, 4) is 0 Å². The second-order valence-corrected chi connectivity index (χ2v) is 5.90. The van der Waals surface area contributed by atoms with E-state index in [-0.39, 0.29) is 5.41 Å². The Morgan fingerprint density at radius 2 is 1.75 bits per heavy atom. The summed E-state index contributed by atoms with van der Waals surface area (Å²) < 4.78 is 26.1. The quantitative estimate of drug-likeness (QED) is 0.901. The largest absolute Gasteiger partial charge is 0.308 e. The van der Waals surface area contributed by atoms with Gasteiger partial charge in [0.25, 0.3) is 0 Å². The highest BCUT2D eigenvalue weighted by atomic mass is 19.1. The Bertz CT molecular complexity index is 565. The zero-order valence-corrected chi connectivity index (χ0v) is 11.9. The number of benzene rings is 1. The Labute approximate surface area is 117 Å². The molecule has 1 aromatic carbocycles. The molecule has 1 heterocycles. The zero-order chi connectivity index (χ0) is 14.8. The lowest BCUT2D eigenvalue weighted by atomic mass is 9.89. The van der Waals surface area contributed by atoms with Gasteiger partial charge in [0, 0.05) is 35.8 Å². The first-order chi connectivity index (χ1) is 9.36. The van der Waals surface area contributed by atoms with Crippen LogP contribution in [0.4, 0.5) is 8.78 Å². The minimum absolute atomic E-state index is 0.0154. The normalized spacial score (nSPS) is 11.8. The molecule has 0 radical (unpaired) electrons. The number of H-pyrrole nitrogens is 1. The molecular formula is C15H19F2N3. The minimum Gasteiger partial charge on any atom is -0.308 e. The molecule has 3 nitrogen and oxygen atoms in total. The molecule has 0 saturated carbocycles. The van der Waals surface area contributed by atoms with Crippen molar-refractivity contribution in [2.75, 3.05) is 0 Å². The molecule has 108 valence electrons. The lowest BCUT2D eigenvalue weighted by Gasteiger charge is -2.18. The number of rotatable bonds is 4. The molecule has 2 N–H and O–H groups in total. The standard InChI is InChI=1S/C15H19F2N3/c1-15(2,3)14-11(9-19-20-14)8-18-7-10-4-12(16)6-13(17)5-10/h4-6,9,18H,7-8H2,1-3H3,(H,19,20). The number of hydrogen-bond acceptors (Lipinski definition) is 2. The van der Waals surface area contributed by atoms with Gasteiger partial charge in [0.1, 0.15) is 11.6 Å². The highest BCUT2D eigenvalue weighted by Crippen LogP contribution is 2.23. The fraction of sp³-hybridized carbons (Fsp3) is 0.400. The number of aromatic nitrogens is 2. The number of nitrogens with one attached hydrogen (secondary N) is 2. The van der Waals surface area contributed by atoms with Crippen LogP contribution in [0.15, 0.2) is 24.4 Å². The zero-order valence-electron chi connectivity index (χ0n) is 11.9. The van der Waals surface area contributed by atoms with Gasteiger partial charge in [-0.15, -0.1) is 0 Å². The van der Waals surface area contributed by atoms with Crippen molar-refractivity contribution in [3.05, 3.63) is 52.9 Å². The third kappa shape index (κ3) is 3.63. The van der Waals surface area contributed by atoms with Gasteiger partial charge in [-0.2, -0.15) is 5.10 Å². The maximum absolute atomic E-state index is 13.1. The third-order valence-electron chi connectivity index (χ3n) is 3.03. The van der Waals surface area contributed by atoms with Crippen LogP contribution < -0.4 is 5.32 Å². The van der Waals surface area contributed by atoms with E-state index in [1.807, 2.05) is 0 Å². The molecular weight excluding hydrogens is 260 g/mol. The van der Waals surface area contributed by atoms with Crippen molar-refractivity contribution in [1.82, 2.24) is 15.5 Å². The second kappa shape index (κ2) is 5.71. The van der Waals surface area contributed by atoms with Crippen LogP contribution in [-0.2, 0) is 18.5 Å². The van der Waals surface area contributed by atoms with Crippen molar-refractivity contribution in [3.63, 3.8) is 0 Å². The molecule has 1 aromatic heterocycles. The van der Waals surface area contributed by atoms with Crippen LogP contribution in [0.25, 0.3) is 0 Å². The van der Waals surface area contributed by atoms with E-state index < -0.39 is 11.6 Å². The van der Waals surface area contributed by atoms with E-state index in [9.17, 15) is 8.78 Å². The summed E-state index contributed by atoms with van der Waals surface area (Å²) in [6.07, 6.45) is 1.78. The Morgan fingerprint density at radius 1 is 1.10 bits per heavy atom. The third-order valence-corrected chi connectivity index (χ3v) is 3.03. The average Bonchev–Trinajstić information content (AvgIpc) is 2.75. The van der Waals surface area contributed by atoms with E-state index in [0.29, 0.717) is 18.7 Å². The van der Waals surface area contributed by atoms with Crippen LogP contribution >= 0.6 is 0 Å².